The van der Waals surface area contributed by atoms with Crippen molar-refractivity contribution >= 4 is 10.0 Å². The highest BCUT2D eigenvalue weighted by molar-refractivity contribution is 7.93. The van der Waals surface area contributed by atoms with Gasteiger partial charge in [-0.2, -0.15) is 0 Å². The smallest absolute Gasteiger partial charge is 0.0724 e. The van der Waals surface area contributed by atoms with Crippen molar-refractivity contribution in [2.75, 3.05) is 19.0 Å². The van der Waals surface area contributed by atoms with Crippen molar-refractivity contribution < 1.29 is 18.6 Å². The number of rotatable bonds is 6. The normalized spacial score (nSPS) is 12.3. The molecule has 0 amide bonds. The molecule has 5 nitrogen and oxygen atoms in total. The fourth-order valence-corrected chi connectivity index (χ4v) is 1.87. The minimum Gasteiger partial charge on any atom is -0.543 e. The summed E-state index contributed by atoms with van der Waals surface area (Å²) in [6, 6.07) is -0.901. The molecule has 0 aromatic heterocycles. The van der Waals surface area contributed by atoms with E-state index in [1.807, 2.05) is 0 Å². The molecule has 12 heavy (non-hydrogen) atoms. The molecular formula is C6H14NO4S-. The van der Waals surface area contributed by atoms with Crippen LogP contribution in [0.15, 0.2) is 0 Å². The first kappa shape index (κ1) is 11.8. The first-order valence-corrected chi connectivity index (χ1v) is 5.33. The first-order chi connectivity index (χ1) is 5.55. The lowest BCUT2D eigenvalue weighted by Crippen LogP contribution is -2.21. The number of aliphatic hydroxyl groups excluding tert-OH is 2. The van der Waals surface area contributed by atoms with Crippen LogP contribution in [0.2, 0.25) is 0 Å². The largest absolute Gasteiger partial charge is 0.543 e. The molecule has 0 radical (unpaired) electrons. The highest BCUT2D eigenvalue weighted by Crippen LogP contribution is 2.09. The predicted octanol–water partition coefficient (Wildman–Crippen LogP) is -0.547. The van der Waals surface area contributed by atoms with Crippen LogP contribution >= 0.6 is 0 Å². The zero-order chi connectivity index (χ0) is 9.61. The molecule has 0 atom stereocenters. The highest BCUT2D eigenvalue weighted by atomic mass is 32.2. The van der Waals surface area contributed by atoms with Gasteiger partial charge in [0, 0.05) is 19.0 Å². The Kier molecular flexibility index (Phi) is 5.39. The molecule has 0 saturated heterocycles. The maximum atomic E-state index is 11.0. The van der Waals surface area contributed by atoms with Gasteiger partial charge in [-0.15, -0.1) is 0 Å². The predicted molar refractivity (Wildman–Crippen MR) is 45.4 cm³/mol. The molecule has 0 aliphatic heterocycles. The minimum atomic E-state index is -3.45. The summed E-state index contributed by atoms with van der Waals surface area (Å²) in [4.78, 5) is 0. The maximum absolute atomic E-state index is 11.0. The van der Waals surface area contributed by atoms with Crippen LogP contribution in [0.25, 0.3) is 4.72 Å². The molecule has 0 spiro atoms. The summed E-state index contributed by atoms with van der Waals surface area (Å²) in [6.45, 7) is 0.832. The molecule has 0 saturated carbocycles. The van der Waals surface area contributed by atoms with Gasteiger partial charge in [0.2, 0.25) is 0 Å². The van der Waals surface area contributed by atoms with Gasteiger partial charge in [-0.25, -0.2) is 8.42 Å². The monoisotopic (exact) mass is 196 g/mol. The lowest BCUT2D eigenvalue weighted by atomic mass is 10.4. The molecule has 0 fully saturated rings. The summed E-state index contributed by atoms with van der Waals surface area (Å²) in [7, 11) is -3.45. The Morgan fingerprint density at radius 1 is 1.33 bits per heavy atom. The van der Waals surface area contributed by atoms with Crippen LogP contribution < -0.4 is 0 Å². The van der Waals surface area contributed by atoms with Crippen molar-refractivity contribution in [2.24, 2.45) is 0 Å². The van der Waals surface area contributed by atoms with Gasteiger partial charge in [0.05, 0.1) is 10.0 Å². The first-order valence-electron chi connectivity index (χ1n) is 3.72. The lowest BCUT2D eigenvalue weighted by molar-refractivity contribution is 0.210. The molecule has 74 valence electrons. The van der Waals surface area contributed by atoms with Gasteiger partial charge >= 0.3 is 0 Å². The third kappa shape index (κ3) is 4.66. The molecule has 0 aliphatic carbocycles. The van der Waals surface area contributed by atoms with E-state index in [2.05, 4.69) is 4.72 Å². The fraction of sp³-hybridized carbons (Fsp3) is 1.00. The van der Waals surface area contributed by atoms with Crippen LogP contribution in [0.5, 0.6) is 0 Å². The molecule has 2 N–H and O–H groups in total. The van der Waals surface area contributed by atoms with Gasteiger partial charge in [-0.05, 0) is 6.42 Å². The molecule has 0 aliphatic rings. The second-order valence-electron chi connectivity index (χ2n) is 2.41. The average Bonchev–Trinajstić information content (AvgIpc) is 2.00. The number of hydrogen-bond acceptors (Lipinski definition) is 4. The van der Waals surface area contributed by atoms with Crippen LogP contribution in [0.1, 0.15) is 13.3 Å². The highest BCUT2D eigenvalue weighted by Gasteiger charge is 2.02. The van der Waals surface area contributed by atoms with Gasteiger partial charge in [0.25, 0.3) is 0 Å². The SMILES string of the molecule is CCCS(=O)(=O)[N-]C(CO)CO. The van der Waals surface area contributed by atoms with Gasteiger partial charge in [-0.1, -0.05) is 13.0 Å². The van der Waals surface area contributed by atoms with E-state index in [9.17, 15) is 8.42 Å². The Balaban J connectivity index is 4.03. The van der Waals surface area contributed by atoms with E-state index < -0.39 is 29.3 Å². The Morgan fingerprint density at radius 3 is 2.17 bits per heavy atom. The second kappa shape index (κ2) is 5.47. The van der Waals surface area contributed by atoms with Crippen molar-refractivity contribution in [3.8, 4) is 0 Å². The minimum absolute atomic E-state index is 0.0382. The lowest BCUT2D eigenvalue weighted by Gasteiger charge is -2.27. The van der Waals surface area contributed by atoms with Crippen molar-refractivity contribution in [1.82, 2.24) is 0 Å². The van der Waals surface area contributed by atoms with Gasteiger partial charge < -0.3 is 14.9 Å². The van der Waals surface area contributed by atoms with Crippen molar-refractivity contribution in [3.63, 3.8) is 0 Å². The van der Waals surface area contributed by atoms with Crippen LogP contribution in [0.3, 0.4) is 0 Å². The number of hydrogen-bond donors (Lipinski definition) is 2. The summed E-state index contributed by atoms with van der Waals surface area (Å²) in [6.07, 6.45) is 0.482. The third-order valence-electron chi connectivity index (χ3n) is 1.19. The second-order valence-corrected chi connectivity index (χ2v) is 4.19. The van der Waals surface area contributed by atoms with Crippen LogP contribution in [-0.4, -0.2) is 43.6 Å². The van der Waals surface area contributed by atoms with E-state index in [1.165, 1.54) is 0 Å². The van der Waals surface area contributed by atoms with Gasteiger partial charge in [-0.3, -0.25) is 0 Å². The van der Waals surface area contributed by atoms with Gasteiger partial charge in [0.15, 0.2) is 0 Å². The molecular weight excluding hydrogens is 182 g/mol. The Hall–Kier alpha value is -0.170. The standard InChI is InChI=1S/C6H14NO4S/c1-2-3-12(10,11)7-6(4-8)5-9/h6,8-9H,2-5H2,1H3/q-1. The Labute approximate surface area is 72.5 Å². The van der Waals surface area contributed by atoms with E-state index in [0.29, 0.717) is 6.42 Å². The quantitative estimate of drug-likeness (QED) is 0.596. The average molecular weight is 196 g/mol. The van der Waals surface area contributed by atoms with Crippen molar-refractivity contribution in [2.45, 2.75) is 19.4 Å². The molecule has 0 heterocycles. The number of sulfonamides is 1. The zero-order valence-electron chi connectivity index (χ0n) is 6.97. The molecule has 6 heteroatoms. The van der Waals surface area contributed by atoms with E-state index in [0.717, 1.165) is 0 Å². The van der Waals surface area contributed by atoms with Crippen LogP contribution in [-0.2, 0) is 10.0 Å². The summed E-state index contributed by atoms with van der Waals surface area (Å²) in [5, 5.41) is 17.1. The molecule has 0 rings (SSSR count). The van der Waals surface area contributed by atoms with E-state index in [-0.39, 0.29) is 5.75 Å². The zero-order valence-corrected chi connectivity index (χ0v) is 7.79. The van der Waals surface area contributed by atoms with Crippen molar-refractivity contribution in [1.29, 1.82) is 0 Å². The molecule has 0 bridgehead atoms. The Morgan fingerprint density at radius 2 is 1.83 bits per heavy atom. The molecule has 0 aromatic carbocycles. The van der Waals surface area contributed by atoms with Crippen LogP contribution in [0, 0.1) is 0 Å². The van der Waals surface area contributed by atoms with Crippen LogP contribution in [0.4, 0.5) is 0 Å². The Bertz CT molecular complexity index is 198. The van der Waals surface area contributed by atoms with Gasteiger partial charge in [0.1, 0.15) is 0 Å². The topological polar surface area (TPSA) is 88.7 Å². The summed E-state index contributed by atoms with van der Waals surface area (Å²) >= 11 is 0. The summed E-state index contributed by atoms with van der Waals surface area (Å²) < 4.78 is 25.2. The number of aliphatic hydroxyl groups is 2. The van der Waals surface area contributed by atoms with E-state index in [1.54, 1.807) is 6.92 Å². The summed E-state index contributed by atoms with van der Waals surface area (Å²) in [5.41, 5.74) is 0. The molecule has 0 aromatic rings. The van der Waals surface area contributed by atoms with E-state index >= 15 is 0 Å². The maximum Gasteiger partial charge on any atom is 0.0724 e. The summed E-state index contributed by atoms with van der Waals surface area (Å²) in [5.74, 6) is -0.0382. The van der Waals surface area contributed by atoms with Crippen molar-refractivity contribution in [3.05, 3.63) is 4.72 Å². The molecule has 0 unspecified atom stereocenters. The number of nitrogens with zero attached hydrogens (tertiary/aromatic N) is 1. The third-order valence-corrected chi connectivity index (χ3v) is 2.74. The van der Waals surface area contributed by atoms with E-state index in [4.69, 9.17) is 10.2 Å². The fourth-order valence-electron chi connectivity index (χ4n) is 0.662.